The van der Waals surface area contributed by atoms with E-state index in [1.807, 2.05) is 42.5 Å². The maximum Gasteiger partial charge on any atom is 0.217 e. The summed E-state index contributed by atoms with van der Waals surface area (Å²) in [6.07, 6.45) is -3.96. The van der Waals surface area contributed by atoms with Crippen molar-refractivity contribution in [2.75, 3.05) is 13.2 Å². The molecular weight excluding hydrogens is 350 g/mol. The first-order chi connectivity index (χ1) is 13.0. The van der Waals surface area contributed by atoms with Crippen LogP contribution < -0.4 is 5.32 Å². The summed E-state index contributed by atoms with van der Waals surface area (Å²) in [6.45, 7) is 1.13. The molecule has 27 heavy (non-hydrogen) atoms. The molecule has 0 aliphatic carbocycles. The second kappa shape index (κ2) is 8.77. The molecule has 0 aromatic heterocycles. The maximum atomic E-state index is 11.4. The Morgan fingerprint density at radius 1 is 1.15 bits per heavy atom. The smallest absolute Gasteiger partial charge is 0.217 e. The van der Waals surface area contributed by atoms with E-state index in [1.165, 1.54) is 6.92 Å². The lowest BCUT2D eigenvalue weighted by Gasteiger charge is -2.42. The molecule has 0 radical (unpaired) electrons. The zero-order chi connectivity index (χ0) is 19.4. The summed E-state index contributed by atoms with van der Waals surface area (Å²) in [5.74, 6) is -0.375. The molecule has 0 bridgehead atoms. The van der Waals surface area contributed by atoms with Gasteiger partial charge in [0.25, 0.3) is 0 Å². The molecule has 146 valence electrons. The van der Waals surface area contributed by atoms with Gasteiger partial charge in [0.1, 0.15) is 24.4 Å². The van der Waals surface area contributed by atoms with E-state index < -0.39 is 37.3 Å². The van der Waals surface area contributed by atoms with Crippen molar-refractivity contribution in [1.82, 2.24) is 5.32 Å². The minimum absolute atomic E-state index is 0.287. The van der Waals surface area contributed by atoms with Crippen molar-refractivity contribution in [2.45, 2.75) is 44.0 Å². The number of nitrogens with one attached hydrogen (secondary N) is 1. The fourth-order valence-corrected chi connectivity index (χ4v) is 3.41. The van der Waals surface area contributed by atoms with Crippen LogP contribution >= 0.6 is 0 Å². The fraction of sp³-hybridized carbons (Fsp3) is 0.450. The Bertz CT molecular complexity index is 777. The van der Waals surface area contributed by atoms with Gasteiger partial charge in [-0.1, -0.05) is 42.5 Å². The van der Waals surface area contributed by atoms with Crippen molar-refractivity contribution in [3.8, 4) is 0 Å². The molecule has 4 N–H and O–H groups in total. The summed E-state index contributed by atoms with van der Waals surface area (Å²) in [5, 5.41) is 34.5. The summed E-state index contributed by atoms with van der Waals surface area (Å²) >= 11 is 0. The number of carbonyl (C=O) groups is 1. The van der Waals surface area contributed by atoms with Gasteiger partial charge in [-0.2, -0.15) is 0 Å². The highest BCUT2D eigenvalue weighted by molar-refractivity contribution is 5.85. The third-order valence-corrected chi connectivity index (χ3v) is 4.78. The third-order valence-electron chi connectivity index (χ3n) is 4.78. The average molecular weight is 375 g/mol. The van der Waals surface area contributed by atoms with Crippen molar-refractivity contribution < 1.29 is 29.6 Å². The Balaban J connectivity index is 1.69. The summed E-state index contributed by atoms with van der Waals surface area (Å²) in [4.78, 5) is 11.4. The molecule has 1 heterocycles. The van der Waals surface area contributed by atoms with E-state index in [2.05, 4.69) is 5.32 Å². The van der Waals surface area contributed by atoms with Crippen LogP contribution in [-0.4, -0.2) is 65.1 Å². The molecule has 0 saturated carbocycles. The van der Waals surface area contributed by atoms with Crippen LogP contribution in [0.25, 0.3) is 10.8 Å². The molecule has 7 heteroatoms. The lowest BCUT2D eigenvalue weighted by Crippen LogP contribution is -2.64. The Morgan fingerprint density at radius 2 is 1.89 bits per heavy atom. The van der Waals surface area contributed by atoms with Gasteiger partial charge in [0, 0.05) is 6.92 Å². The van der Waals surface area contributed by atoms with Crippen molar-refractivity contribution in [3.05, 3.63) is 48.0 Å². The Morgan fingerprint density at radius 3 is 2.63 bits per heavy atom. The molecule has 0 unspecified atom stereocenters. The first-order valence-electron chi connectivity index (χ1n) is 8.99. The highest BCUT2D eigenvalue weighted by Crippen LogP contribution is 2.23. The number of aliphatic hydroxyl groups is 3. The van der Waals surface area contributed by atoms with Crippen molar-refractivity contribution in [1.29, 1.82) is 0 Å². The van der Waals surface area contributed by atoms with E-state index >= 15 is 0 Å². The third kappa shape index (κ3) is 4.45. The van der Waals surface area contributed by atoms with E-state index in [-0.39, 0.29) is 12.5 Å². The predicted octanol–water partition coefficient (Wildman–Crippen LogP) is 0.343. The molecule has 1 aliphatic heterocycles. The normalized spacial score (nSPS) is 28.2. The SMILES string of the molecule is CC(=O)N[C@H]1[C@@H](OCCc2cccc3ccccc23)O[C@@H](CO)[C@@H](O)[C@@H]1O. The fourth-order valence-electron chi connectivity index (χ4n) is 3.41. The first-order valence-corrected chi connectivity index (χ1v) is 8.99. The topological polar surface area (TPSA) is 108 Å². The lowest BCUT2D eigenvalue weighted by atomic mass is 9.97. The molecule has 1 amide bonds. The number of hydrogen-bond donors (Lipinski definition) is 4. The predicted molar refractivity (Wildman–Crippen MR) is 99.0 cm³/mol. The highest BCUT2D eigenvalue weighted by Gasteiger charge is 2.45. The molecule has 3 rings (SSSR count). The molecule has 0 spiro atoms. The maximum absolute atomic E-state index is 11.4. The van der Waals surface area contributed by atoms with E-state index in [4.69, 9.17) is 9.47 Å². The van der Waals surface area contributed by atoms with Crippen molar-refractivity contribution in [2.24, 2.45) is 0 Å². The van der Waals surface area contributed by atoms with Gasteiger partial charge >= 0.3 is 0 Å². The first kappa shape index (κ1) is 19.7. The van der Waals surface area contributed by atoms with Gasteiger partial charge in [-0.3, -0.25) is 4.79 Å². The Kier molecular flexibility index (Phi) is 6.41. The largest absolute Gasteiger partial charge is 0.394 e. The molecule has 7 nitrogen and oxygen atoms in total. The van der Waals surface area contributed by atoms with Gasteiger partial charge in [0.2, 0.25) is 5.91 Å². The minimum atomic E-state index is -1.32. The van der Waals surface area contributed by atoms with Crippen molar-refractivity contribution in [3.63, 3.8) is 0 Å². The molecule has 1 saturated heterocycles. The number of fused-ring (bicyclic) bond motifs is 1. The Labute approximate surface area is 157 Å². The average Bonchev–Trinajstić information content (AvgIpc) is 2.67. The van der Waals surface area contributed by atoms with E-state index in [1.54, 1.807) is 0 Å². The van der Waals surface area contributed by atoms with Crippen LogP contribution in [0.5, 0.6) is 0 Å². The Hall–Kier alpha value is -2.03. The van der Waals surface area contributed by atoms with E-state index in [0.717, 1.165) is 16.3 Å². The number of benzene rings is 2. The van der Waals surface area contributed by atoms with Crippen LogP contribution in [0.1, 0.15) is 12.5 Å². The molecule has 2 aromatic rings. The molecule has 1 aliphatic rings. The number of ether oxygens (including phenoxy) is 2. The molecule has 1 fully saturated rings. The van der Waals surface area contributed by atoms with Gasteiger partial charge in [-0.15, -0.1) is 0 Å². The second-order valence-corrected chi connectivity index (χ2v) is 6.69. The lowest BCUT2D eigenvalue weighted by molar-refractivity contribution is -0.269. The molecular formula is C20H25NO6. The van der Waals surface area contributed by atoms with Crippen LogP contribution in [0.3, 0.4) is 0 Å². The highest BCUT2D eigenvalue weighted by atomic mass is 16.7. The summed E-state index contributed by atoms with van der Waals surface area (Å²) in [7, 11) is 0. The zero-order valence-electron chi connectivity index (χ0n) is 15.1. The standard InChI is InChI=1S/C20H25NO6/c1-12(23)21-17-19(25)18(24)16(11-22)27-20(17)26-10-9-14-7-4-6-13-5-2-3-8-15(13)14/h2-8,16-20,22,24-25H,9-11H2,1H3,(H,21,23)/t16-,17+,18+,19+,20-/m0/s1. The minimum Gasteiger partial charge on any atom is -0.394 e. The molecule has 5 atom stereocenters. The van der Waals surface area contributed by atoms with Gasteiger partial charge in [0.15, 0.2) is 6.29 Å². The van der Waals surface area contributed by atoms with Crippen LogP contribution in [-0.2, 0) is 20.7 Å². The summed E-state index contributed by atoms with van der Waals surface area (Å²) in [5.41, 5.74) is 1.11. The molecule has 2 aromatic carbocycles. The van der Waals surface area contributed by atoms with Crippen molar-refractivity contribution >= 4 is 16.7 Å². The monoisotopic (exact) mass is 375 g/mol. The van der Waals surface area contributed by atoms with Crippen LogP contribution in [0.2, 0.25) is 0 Å². The quantitative estimate of drug-likeness (QED) is 0.580. The van der Waals surface area contributed by atoms with Gasteiger partial charge < -0.3 is 30.1 Å². The second-order valence-electron chi connectivity index (χ2n) is 6.69. The van der Waals surface area contributed by atoms with Gasteiger partial charge in [0.05, 0.1) is 13.2 Å². The van der Waals surface area contributed by atoms with Gasteiger partial charge in [-0.05, 0) is 22.8 Å². The van der Waals surface area contributed by atoms with Crippen LogP contribution in [0.4, 0.5) is 0 Å². The van der Waals surface area contributed by atoms with Crippen LogP contribution in [0, 0.1) is 0 Å². The number of amides is 1. The number of carbonyl (C=O) groups excluding carboxylic acids is 1. The van der Waals surface area contributed by atoms with Gasteiger partial charge in [-0.25, -0.2) is 0 Å². The van der Waals surface area contributed by atoms with E-state index in [9.17, 15) is 20.1 Å². The summed E-state index contributed by atoms with van der Waals surface area (Å²) in [6, 6.07) is 13.2. The number of rotatable bonds is 6. The van der Waals surface area contributed by atoms with Crippen LogP contribution in [0.15, 0.2) is 42.5 Å². The number of hydrogen-bond acceptors (Lipinski definition) is 6. The zero-order valence-corrected chi connectivity index (χ0v) is 15.1. The van der Waals surface area contributed by atoms with E-state index in [0.29, 0.717) is 6.42 Å². The number of aliphatic hydroxyl groups excluding tert-OH is 3. The summed E-state index contributed by atoms with van der Waals surface area (Å²) < 4.78 is 11.3.